The summed E-state index contributed by atoms with van der Waals surface area (Å²) >= 11 is 0. The smallest absolute Gasteiger partial charge is 0.251 e. The molecular formula is C19H18F2N4O. The van der Waals surface area contributed by atoms with Gasteiger partial charge in [0.15, 0.2) is 0 Å². The Morgan fingerprint density at radius 2 is 2.12 bits per heavy atom. The molecule has 134 valence electrons. The summed E-state index contributed by atoms with van der Waals surface area (Å²) in [6.45, 7) is 1.73. The number of amides is 1. The number of hydrogen-bond acceptors (Lipinski definition) is 3. The minimum atomic E-state index is -0.758. The lowest BCUT2D eigenvalue weighted by Gasteiger charge is -2.23. The van der Waals surface area contributed by atoms with E-state index < -0.39 is 11.7 Å². The number of primary amides is 1. The van der Waals surface area contributed by atoms with E-state index >= 15 is 0 Å². The Morgan fingerprint density at radius 1 is 1.27 bits per heavy atom. The van der Waals surface area contributed by atoms with Crippen LogP contribution in [0, 0.1) is 11.6 Å². The van der Waals surface area contributed by atoms with Gasteiger partial charge in [-0.2, -0.15) is 5.10 Å². The Kier molecular flexibility index (Phi) is 4.16. The highest BCUT2D eigenvalue weighted by Gasteiger charge is 2.19. The number of benzene rings is 2. The molecule has 0 aliphatic carbocycles. The average Bonchev–Trinajstić information content (AvgIpc) is 3.05. The molecule has 3 N–H and O–H groups in total. The van der Waals surface area contributed by atoms with Crippen molar-refractivity contribution in [2.75, 3.05) is 13.1 Å². The molecule has 1 aromatic heterocycles. The number of nitrogens with two attached hydrogens (primary N) is 1. The maximum absolute atomic E-state index is 14.6. The largest absolute Gasteiger partial charge is 0.366 e. The first-order chi connectivity index (χ1) is 12.5. The van der Waals surface area contributed by atoms with Crippen LogP contribution in [-0.4, -0.2) is 28.8 Å². The van der Waals surface area contributed by atoms with E-state index in [1.807, 2.05) is 0 Å². The first kappa shape index (κ1) is 16.7. The Bertz CT molecular complexity index is 993. The van der Waals surface area contributed by atoms with Gasteiger partial charge in [0, 0.05) is 18.1 Å². The third kappa shape index (κ3) is 2.94. The first-order valence-corrected chi connectivity index (χ1v) is 8.52. The topological polar surface area (TPSA) is 72.9 Å². The second-order valence-corrected chi connectivity index (χ2v) is 6.58. The minimum absolute atomic E-state index is 0.00382. The van der Waals surface area contributed by atoms with Crippen molar-refractivity contribution in [3.05, 3.63) is 59.3 Å². The van der Waals surface area contributed by atoms with Crippen LogP contribution in [0.3, 0.4) is 0 Å². The van der Waals surface area contributed by atoms with Crippen molar-refractivity contribution >= 4 is 16.8 Å². The quantitative estimate of drug-likeness (QED) is 0.758. The number of fused-ring (bicyclic) bond motifs is 1. The molecule has 0 radical (unpaired) electrons. The molecule has 1 saturated heterocycles. The van der Waals surface area contributed by atoms with E-state index in [-0.39, 0.29) is 17.3 Å². The Hall–Kier alpha value is -2.80. The SMILES string of the molecule is NC(=O)c1cc(F)cc2cn(-c3ccc([C@@H]4CCCNC4)c(F)c3)nc12. The zero-order chi connectivity index (χ0) is 18.3. The highest BCUT2D eigenvalue weighted by Crippen LogP contribution is 2.28. The summed E-state index contributed by atoms with van der Waals surface area (Å²) in [6, 6.07) is 7.28. The molecule has 1 fully saturated rings. The van der Waals surface area contributed by atoms with E-state index in [0.717, 1.165) is 32.0 Å². The van der Waals surface area contributed by atoms with Gasteiger partial charge < -0.3 is 11.1 Å². The molecule has 1 aliphatic rings. The van der Waals surface area contributed by atoms with Crippen LogP contribution < -0.4 is 11.1 Å². The van der Waals surface area contributed by atoms with Gasteiger partial charge in [0.25, 0.3) is 5.91 Å². The third-order valence-electron chi connectivity index (χ3n) is 4.82. The van der Waals surface area contributed by atoms with Crippen LogP contribution in [0.4, 0.5) is 8.78 Å². The van der Waals surface area contributed by atoms with Gasteiger partial charge >= 0.3 is 0 Å². The van der Waals surface area contributed by atoms with E-state index in [1.165, 1.54) is 16.8 Å². The summed E-state index contributed by atoms with van der Waals surface area (Å²) in [4.78, 5) is 11.5. The van der Waals surface area contributed by atoms with Crippen LogP contribution in [0.15, 0.2) is 36.5 Å². The molecule has 0 unspecified atom stereocenters. The average molecular weight is 356 g/mol. The first-order valence-electron chi connectivity index (χ1n) is 8.52. The predicted molar refractivity (Wildman–Crippen MR) is 94.3 cm³/mol. The summed E-state index contributed by atoms with van der Waals surface area (Å²) in [5, 5.41) is 8.01. The molecule has 0 saturated carbocycles. The van der Waals surface area contributed by atoms with E-state index in [4.69, 9.17) is 5.73 Å². The van der Waals surface area contributed by atoms with Crippen LogP contribution in [0.1, 0.15) is 34.7 Å². The van der Waals surface area contributed by atoms with Gasteiger partial charge in [-0.25, -0.2) is 13.5 Å². The maximum Gasteiger partial charge on any atom is 0.251 e. The van der Waals surface area contributed by atoms with Gasteiger partial charge in [0.2, 0.25) is 0 Å². The van der Waals surface area contributed by atoms with Gasteiger partial charge in [0.05, 0.1) is 11.3 Å². The molecular weight excluding hydrogens is 338 g/mol. The van der Waals surface area contributed by atoms with Crippen molar-refractivity contribution in [3.8, 4) is 5.69 Å². The molecule has 0 bridgehead atoms. The van der Waals surface area contributed by atoms with Crippen molar-refractivity contribution in [1.82, 2.24) is 15.1 Å². The number of carbonyl (C=O) groups excluding carboxylic acids is 1. The van der Waals surface area contributed by atoms with Crippen molar-refractivity contribution in [2.24, 2.45) is 5.73 Å². The fourth-order valence-corrected chi connectivity index (χ4v) is 3.53. The monoisotopic (exact) mass is 356 g/mol. The van der Waals surface area contributed by atoms with Crippen molar-refractivity contribution in [1.29, 1.82) is 0 Å². The summed E-state index contributed by atoms with van der Waals surface area (Å²) in [7, 11) is 0. The molecule has 2 heterocycles. The lowest BCUT2D eigenvalue weighted by Crippen LogP contribution is -2.28. The molecule has 1 atom stereocenters. The maximum atomic E-state index is 14.6. The number of nitrogens with zero attached hydrogens (tertiary/aromatic N) is 2. The van der Waals surface area contributed by atoms with Crippen LogP contribution >= 0.6 is 0 Å². The lowest BCUT2D eigenvalue weighted by atomic mass is 9.91. The number of nitrogens with one attached hydrogen (secondary N) is 1. The standard InChI is InChI=1S/C19H18F2N4O/c20-13-6-12-10-25(24-18(12)16(7-13)19(22)26)14-3-4-15(17(21)8-14)11-2-1-5-23-9-11/h3-4,6-8,10-11,23H,1-2,5,9H2,(H2,22,26)/t11-/m1/s1. The fraction of sp³-hybridized carbons (Fsp3) is 0.263. The number of piperidine rings is 1. The van der Waals surface area contributed by atoms with Crippen LogP contribution in [0.2, 0.25) is 0 Å². The van der Waals surface area contributed by atoms with Crippen LogP contribution in [-0.2, 0) is 0 Å². The Balaban J connectivity index is 1.74. The molecule has 5 nitrogen and oxygen atoms in total. The molecule has 1 amide bonds. The Labute approximate surface area is 148 Å². The van der Waals surface area contributed by atoms with E-state index in [2.05, 4.69) is 10.4 Å². The summed E-state index contributed by atoms with van der Waals surface area (Å²) in [5.74, 6) is -1.47. The molecule has 0 spiro atoms. The normalized spacial score (nSPS) is 17.5. The van der Waals surface area contributed by atoms with Gasteiger partial charge in [-0.05, 0) is 55.1 Å². The summed E-state index contributed by atoms with van der Waals surface area (Å²) < 4.78 is 29.8. The molecule has 1 aliphatic heterocycles. The Morgan fingerprint density at radius 3 is 2.81 bits per heavy atom. The molecule has 26 heavy (non-hydrogen) atoms. The second-order valence-electron chi connectivity index (χ2n) is 6.58. The molecule has 7 heteroatoms. The summed E-state index contributed by atoms with van der Waals surface area (Å²) in [6.07, 6.45) is 3.54. The highest BCUT2D eigenvalue weighted by atomic mass is 19.1. The van der Waals surface area contributed by atoms with Crippen LogP contribution in [0.5, 0.6) is 0 Å². The number of halogens is 2. The zero-order valence-corrected chi connectivity index (χ0v) is 14.0. The molecule has 4 rings (SSSR count). The van der Waals surface area contributed by atoms with E-state index in [9.17, 15) is 13.6 Å². The third-order valence-corrected chi connectivity index (χ3v) is 4.82. The fourth-order valence-electron chi connectivity index (χ4n) is 3.53. The number of hydrogen-bond donors (Lipinski definition) is 2. The van der Waals surface area contributed by atoms with Crippen molar-refractivity contribution in [3.63, 3.8) is 0 Å². The summed E-state index contributed by atoms with van der Waals surface area (Å²) in [5.41, 5.74) is 6.78. The second kappa shape index (κ2) is 6.49. The number of rotatable bonds is 3. The zero-order valence-electron chi connectivity index (χ0n) is 14.0. The highest BCUT2D eigenvalue weighted by molar-refractivity contribution is 6.04. The van der Waals surface area contributed by atoms with E-state index in [0.29, 0.717) is 22.2 Å². The molecule has 3 aromatic rings. The van der Waals surface area contributed by atoms with Crippen molar-refractivity contribution in [2.45, 2.75) is 18.8 Å². The van der Waals surface area contributed by atoms with Crippen molar-refractivity contribution < 1.29 is 13.6 Å². The van der Waals surface area contributed by atoms with Gasteiger partial charge in [-0.15, -0.1) is 0 Å². The van der Waals surface area contributed by atoms with Gasteiger partial charge in [0.1, 0.15) is 17.2 Å². The van der Waals surface area contributed by atoms with Gasteiger partial charge in [-0.1, -0.05) is 6.07 Å². The number of aromatic nitrogens is 2. The van der Waals surface area contributed by atoms with Crippen LogP contribution in [0.25, 0.3) is 16.6 Å². The van der Waals surface area contributed by atoms with E-state index in [1.54, 1.807) is 18.3 Å². The predicted octanol–water partition coefficient (Wildman–Crippen LogP) is 2.87. The molecule has 2 aromatic carbocycles. The van der Waals surface area contributed by atoms with Gasteiger partial charge in [-0.3, -0.25) is 4.79 Å². The lowest BCUT2D eigenvalue weighted by molar-refractivity contribution is 0.100. The minimum Gasteiger partial charge on any atom is -0.366 e. The number of carbonyl (C=O) groups is 1.